The number of hydrogen-bond acceptors (Lipinski definition) is 2. The van der Waals surface area contributed by atoms with Crippen LogP contribution in [-0.4, -0.2) is 9.97 Å². The summed E-state index contributed by atoms with van der Waals surface area (Å²) in [5.41, 5.74) is 4.00. The fourth-order valence-electron chi connectivity index (χ4n) is 2.48. The Morgan fingerprint density at radius 2 is 1.65 bits per heavy atom. The van der Waals surface area contributed by atoms with E-state index in [9.17, 15) is 0 Å². The molecule has 0 bridgehead atoms. The van der Waals surface area contributed by atoms with Crippen molar-refractivity contribution in [3.05, 3.63) is 73.1 Å². The highest BCUT2D eigenvalue weighted by Gasteiger charge is 2.06. The Balaban J connectivity index is 2.01. The second-order valence-electron chi connectivity index (χ2n) is 4.72. The first kappa shape index (κ1) is 11.1. The third-order valence-electron chi connectivity index (χ3n) is 3.46. The summed E-state index contributed by atoms with van der Waals surface area (Å²) >= 11 is 0. The van der Waals surface area contributed by atoms with Crippen LogP contribution in [0.25, 0.3) is 32.9 Å². The second-order valence-corrected chi connectivity index (χ2v) is 4.72. The molecule has 4 rings (SSSR count). The summed E-state index contributed by atoms with van der Waals surface area (Å²) in [7, 11) is 0. The topological polar surface area (TPSA) is 25.8 Å². The van der Waals surface area contributed by atoms with Crippen molar-refractivity contribution in [1.29, 1.82) is 0 Å². The van der Waals surface area contributed by atoms with Crippen LogP contribution in [0.5, 0.6) is 0 Å². The second kappa shape index (κ2) is 4.42. The Morgan fingerprint density at radius 3 is 2.65 bits per heavy atom. The first-order chi connectivity index (χ1) is 9.92. The van der Waals surface area contributed by atoms with E-state index < -0.39 is 0 Å². The minimum atomic E-state index is 0.962. The van der Waals surface area contributed by atoms with Gasteiger partial charge in [-0.3, -0.25) is 4.98 Å². The lowest BCUT2D eigenvalue weighted by molar-refractivity contribution is 1.37. The highest BCUT2D eigenvalue weighted by Crippen LogP contribution is 2.27. The largest absolute Gasteiger partial charge is 0.256 e. The lowest BCUT2D eigenvalue weighted by atomic mass is 10.0. The van der Waals surface area contributed by atoms with E-state index in [0.717, 1.165) is 32.9 Å². The van der Waals surface area contributed by atoms with E-state index in [4.69, 9.17) is 0 Å². The van der Waals surface area contributed by atoms with Gasteiger partial charge in [0.25, 0.3) is 0 Å². The molecule has 2 aromatic heterocycles. The van der Waals surface area contributed by atoms with Gasteiger partial charge >= 0.3 is 0 Å². The van der Waals surface area contributed by atoms with E-state index in [1.54, 1.807) is 0 Å². The summed E-state index contributed by atoms with van der Waals surface area (Å²) in [6.07, 6.45) is 4.95. The molecular formula is C18H11N2. The molecule has 0 saturated heterocycles. The Kier molecular flexibility index (Phi) is 2.46. The fraction of sp³-hybridized carbons (Fsp3) is 0. The SMILES string of the molecule is [c]1nc2ccccc2cc1-c1cccc2cccnc12. The highest BCUT2D eigenvalue weighted by atomic mass is 14.7. The summed E-state index contributed by atoms with van der Waals surface area (Å²) in [4.78, 5) is 8.90. The van der Waals surface area contributed by atoms with E-state index in [1.165, 1.54) is 0 Å². The number of rotatable bonds is 1. The van der Waals surface area contributed by atoms with Crippen LogP contribution in [0, 0.1) is 6.20 Å². The van der Waals surface area contributed by atoms with Crippen LogP contribution < -0.4 is 0 Å². The summed E-state index contributed by atoms with van der Waals surface area (Å²) in [6, 6.07) is 20.4. The number of hydrogen-bond donors (Lipinski definition) is 0. The smallest absolute Gasteiger partial charge is 0.0979 e. The van der Waals surface area contributed by atoms with Crippen LogP contribution in [0.2, 0.25) is 0 Å². The Morgan fingerprint density at radius 1 is 0.800 bits per heavy atom. The Hall–Kier alpha value is -2.74. The maximum atomic E-state index is 4.49. The lowest BCUT2D eigenvalue weighted by Gasteiger charge is -2.06. The molecule has 0 amide bonds. The third-order valence-corrected chi connectivity index (χ3v) is 3.46. The van der Waals surface area contributed by atoms with Crippen molar-refractivity contribution in [2.75, 3.05) is 0 Å². The van der Waals surface area contributed by atoms with Crippen LogP contribution in [0.15, 0.2) is 66.9 Å². The number of nitrogens with zero attached hydrogens (tertiary/aromatic N) is 2. The molecule has 0 N–H and O–H groups in total. The molecule has 0 aliphatic rings. The Labute approximate surface area is 116 Å². The van der Waals surface area contributed by atoms with Crippen molar-refractivity contribution in [2.45, 2.75) is 0 Å². The van der Waals surface area contributed by atoms with Gasteiger partial charge in [0.15, 0.2) is 0 Å². The van der Waals surface area contributed by atoms with Crippen molar-refractivity contribution in [3.63, 3.8) is 0 Å². The predicted molar refractivity (Wildman–Crippen MR) is 81.3 cm³/mol. The van der Waals surface area contributed by atoms with Crippen molar-refractivity contribution >= 4 is 21.8 Å². The first-order valence-corrected chi connectivity index (χ1v) is 6.53. The van der Waals surface area contributed by atoms with Gasteiger partial charge < -0.3 is 0 Å². The summed E-state index contributed by atoms with van der Waals surface area (Å²) < 4.78 is 0. The quantitative estimate of drug-likeness (QED) is 0.508. The van der Waals surface area contributed by atoms with Gasteiger partial charge in [-0.15, -0.1) is 0 Å². The molecule has 0 saturated carbocycles. The molecule has 0 spiro atoms. The van der Waals surface area contributed by atoms with E-state index in [1.807, 2.05) is 36.5 Å². The number of para-hydroxylation sites is 2. The standard InChI is InChI=1S/C18H11N2/c1-2-9-17-14(5-1)11-15(12-20-17)16-8-3-6-13-7-4-10-19-18(13)16/h1-11H. The molecule has 0 atom stereocenters. The predicted octanol–water partition coefficient (Wildman–Crippen LogP) is 4.25. The zero-order valence-electron chi connectivity index (χ0n) is 10.7. The van der Waals surface area contributed by atoms with Gasteiger partial charge in [-0.1, -0.05) is 42.5 Å². The van der Waals surface area contributed by atoms with Crippen LogP contribution in [0.4, 0.5) is 0 Å². The molecular weight excluding hydrogens is 244 g/mol. The maximum Gasteiger partial charge on any atom is 0.0979 e. The van der Waals surface area contributed by atoms with Gasteiger partial charge in [0, 0.05) is 28.1 Å². The molecule has 2 heteroatoms. The Bertz CT molecular complexity index is 908. The zero-order chi connectivity index (χ0) is 13.4. The first-order valence-electron chi connectivity index (χ1n) is 6.53. The van der Waals surface area contributed by atoms with Crippen molar-refractivity contribution in [3.8, 4) is 11.1 Å². The molecule has 0 fully saturated rings. The summed E-state index contributed by atoms with van der Waals surface area (Å²) in [5.74, 6) is 0. The van der Waals surface area contributed by atoms with Crippen LogP contribution >= 0.6 is 0 Å². The van der Waals surface area contributed by atoms with Gasteiger partial charge in [-0.2, -0.15) is 0 Å². The molecule has 4 aromatic rings. The average Bonchev–Trinajstić information content (AvgIpc) is 2.54. The number of aromatic nitrogens is 2. The zero-order valence-corrected chi connectivity index (χ0v) is 10.7. The van der Waals surface area contributed by atoms with E-state index in [2.05, 4.69) is 46.5 Å². The normalized spacial score (nSPS) is 11.0. The highest BCUT2D eigenvalue weighted by molar-refractivity contribution is 5.95. The van der Waals surface area contributed by atoms with Crippen molar-refractivity contribution in [1.82, 2.24) is 9.97 Å². The molecule has 2 heterocycles. The molecule has 0 aliphatic carbocycles. The van der Waals surface area contributed by atoms with E-state index >= 15 is 0 Å². The number of benzene rings is 2. The van der Waals surface area contributed by atoms with Crippen LogP contribution in [-0.2, 0) is 0 Å². The molecule has 0 aliphatic heterocycles. The number of fused-ring (bicyclic) bond motifs is 2. The minimum Gasteiger partial charge on any atom is -0.256 e. The van der Waals surface area contributed by atoms with Gasteiger partial charge in [-0.25, -0.2) is 4.98 Å². The lowest BCUT2D eigenvalue weighted by Crippen LogP contribution is -1.87. The third kappa shape index (κ3) is 1.74. The molecule has 20 heavy (non-hydrogen) atoms. The van der Waals surface area contributed by atoms with E-state index in [-0.39, 0.29) is 0 Å². The van der Waals surface area contributed by atoms with E-state index in [0.29, 0.717) is 0 Å². The van der Waals surface area contributed by atoms with Gasteiger partial charge in [0.05, 0.1) is 17.2 Å². The van der Waals surface area contributed by atoms with Gasteiger partial charge in [0.1, 0.15) is 0 Å². The molecule has 0 unspecified atom stereocenters. The van der Waals surface area contributed by atoms with Gasteiger partial charge in [0.2, 0.25) is 0 Å². The summed E-state index contributed by atoms with van der Waals surface area (Å²) in [5, 5.41) is 2.25. The maximum absolute atomic E-state index is 4.49. The fourth-order valence-corrected chi connectivity index (χ4v) is 2.48. The average molecular weight is 255 g/mol. The van der Waals surface area contributed by atoms with Crippen molar-refractivity contribution < 1.29 is 0 Å². The minimum absolute atomic E-state index is 0.962. The monoisotopic (exact) mass is 255 g/mol. The molecule has 1 radical (unpaired) electrons. The summed E-state index contributed by atoms with van der Waals surface area (Å²) in [6.45, 7) is 0. The van der Waals surface area contributed by atoms with Crippen LogP contribution in [0.1, 0.15) is 0 Å². The van der Waals surface area contributed by atoms with Gasteiger partial charge in [-0.05, 0) is 18.2 Å². The molecule has 2 aromatic carbocycles. The molecule has 2 nitrogen and oxygen atoms in total. The van der Waals surface area contributed by atoms with Crippen molar-refractivity contribution in [2.24, 2.45) is 0 Å². The van der Waals surface area contributed by atoms with Crippen LogP contribution in [0.3, 0.4) is 0 Å². The molecule has 93 valence electrons. The number of pyridine rings is 2.